The van der Waals surface area contributed by atoms with Crippen LogP contribution < -0.4 is 16.0 Å². The largest absolute Gasteiger partial charge is 0.508 e. The number of carbonyl (C=O) groups excluding carboxylic acids is 2. The molecular formula is C20H27N3O5S. The minimum absolute atomic E-state index is 0.0742. The van der Waals surface area contributed by atoms with E-state index in [-0.39, 0.29) is 18.9 Å². The van der Waals surface area contributed by atoms with E-state index in [1.807, 2.05) is 0 Å². The van der Waals surface area contributed by atoms with E-state index in [1.54, 1.807) is 52.0 Å². The lowest BCUT2D eigenvalue weighted by Gasteiger charge is -2.31. The minimum Gasteiger partial charge on any atom is -0.508 e. The van der Waals surface area contributed by atoms with Crippen molar-refractivity contribution in [2.45, 2.75) is 45.8 Å². The number of amides is 1. The molecule has 0 saturated carbocycles. The highest BCUT2D eigenvalue weighted by Gasteiger charge is 2.32. The molecule has 0 bridgehead atoms. The molecule has 1 aliphatic heterocycles. The molecule has 8 nitrogen and oxygen atoms in total. The fourth-order valence-electron chi connectivity index (χ4n) is 2.82. The van der Waals surface area contributed by atoms with Crippen molar-refractivity contribution in [2.75, 3.05) is 13.2 Å². The standard InChI is InChI=1S/C20H27N3O5S/c1-5-27-17(25)15-14(9-10-21-19(26)28-20(2,3)4)22-18(29)23-16(15)12-7-6-8-13(24)11-12/h6-8,11,16,24H,5,9-10H2,1-4H3,(H,21,26)(H2,22,23,29). The van der Waals surface area contributed by atoms with E-state index in [0.29, 0.717) is 28.4 Å². The molecule has 1 aliphatic rings. The second kappa shape index (κ2) is 9.60. The van der Waals surface area contributed by atoms with Gasteiger partial charge in [0, 0.05) is 18.7 Å². The summed E-state index contributed by atoms with van der Waals surface area (Å²) in [6.07, 6.45) is -0.235. The fraction of sp³-hybridized carbons (Fsp3) is 0.450. The van der Waals surface area contributed by atoms with E-state index in [9.17, 15) is 14.7 Å². The molecule has 0 saturated heterocycles. The van der Waals surface area contributed by atoms with Crippen LogP contribution >= 0.6 is 12.2 Å². The first-order valence-electron chi connectivity index (χ1n) is 9.34. The van der Waals surface area contributed by atoms with E-state index in [2.05, 4.69) is 16.0 Å². The first-order valence-corrected chi connectivity index (χ1v) is 9.75. The predicted molar refractivity (Wildman–Crippen MR) is 112 cm³/mol. The maximum Gasteiger partial charge on any atom is 0.407 e. The Morgan fingerprint density at radius 1 is 1.31 bits per heavy atom. The smallest absolute Gasteiger partial charge is 0.407 e. The maximum absolute atomic E-state index is 12.7. The summed E-state index contributed by atoms with van der Waals surface area (Å²) >= 11 is 5.29. The molecule has 0 fully saturated rings. The molecular weight excluding hydrogens is 394 g/mol. The Labute approximate surface area is 175 Å². The summed E-state index contributed by atoms with van der Waals surface area (Å²) in [6, 6.07) is 5.97. The van der Waals surface area contributed by atoms with E-state index in [4.69, 9.17) is 21.7 Å². The van der Waals surface area contributed by atoms with Gasteiger partial charge in [-0.2, -0.15) is 0 Å². The van der Waals surface area contributed by atoms with Crippen molar-refractivity contribution >= 4 is 29.4 Å². The van der Waals surface area contributed by atoms with E-state index < -0.39 is 23.7 Å². The molecule has 1 aromatic carbocycles. The number of benzene rings is 1. The van der Waals surface area contributed by atoms with Crippen molar-refractivity contribution in [3.05, 3.63) is 41.1 Å². The highest BCUT2D eigenvalue weighted by Crippen LogP contribution is 2.30. The van der Waals surface area contributed by atoms with Crippen molar-refractivity contribution in [1.29, 1.82) is 0 Å². The molecule has 158 valence electrons. The number of carbonyl (C=O) groups is 2. The lowest BCUT2D eigenvalue weighted by atomic mass is 9.94. The molecule has 2 rings (SSSR count). The van der Waals surface area contributed by atoms with Gasteiger partial charge in [0.25, 0.3) is 0 Å². The van der Waals surface area contributed by atoms with Crippen LogP contribution in [0.4, 0.5) is 4.79 Å². The molecule has 1 aromatic rings. The first-order chi connectivity index (χ1) is 13.6. The average Bonchev–Trinajstić information content (AvgIpc) is 2.59. The van der Waals surface area contributed by atoms with Crippen molar-refractivity contribution < 1.29 is 24.2 Å². The molecule has 29 heavy (non-hydrogen) atoms. The molecule has 0 aliphatic carbocycles. The number of hydrogen-bond acceptors (Lipinski definition) is 6. The van der Waals surface area contributed by atoms with Gasteiger partial charge in [0.1, 0.15) is 11.4 Å². The van der Waals surface area contributed by atoms with Crippen LogP contribution in [-0.4, -0.2) is 41.0 Å². The Morgan fingerprint density at radius 2 is 2.03 bits per heavy atom. The lowest BCUT2D eigenvalue weighted by molar-refractivity contribution is -0.139. The Balaban J connectivity index is 2.27. The number of rotatable bonds is 6. The molecule has 1 heterocycles. The predicted octanol–water partition coefficient (Wildman–Crippen LogP) is 2.64. The summed E-state index contributed by atoms with van der Waals surface area (Å²) in [5, 5.41) is 18.9. The van der Waals surface area contributed by atoms with Crippen molar-refractivity contribution in [1.82, 2.24) is 16.0 Å². The number of phenols is 1. The van der Waals surface area contributed by atoms with Crippen LogP contribution in [0.2, 0.25) is 0 Å². The summed E-state index contributed by atoms with van der Waals surface area (Å²) < 4.78 is 10.4. The second-order valence-electron chi connectivity index (χ2n) is 7.42. The lowest BCUT2D eigenvalue weighted by Crippen LogP contribution is -2.46. The Morgan fingerprint density at radius 3 is 2.66 bits per heavy atom. The third kappa shape index (κ3) is 6.63. The molecule has 0 radical (unpaired) electrons. The van der Waals surface area contributed by atoms with Crippen molar-refractivity contribution in [3.8, 4) is 5.75 Å². The molecule has 0 aromatic heterocycles. The average molecular weight is 422 g/mol. The first kappa shape index (κ1) is 22.5. The fourth-order valence-corrected chi connectivity index (χ4v) is 3.06. The van der Waals surface area contributed by atoms with Crippen molar-refractivity contribution in [3.63, 3.8) is 0 Å². The number of aromatic hydroxyl groups is 1. The summed E-state index contributed by atoms with van der Waals surface area (Å²) in [5.41, 5.74) is 0.942. The number of thiocarbonyl (C=S) groups is 1. The number of phenolic OH excluding ortho intramolecular Hbond substituents is 1. The van der Waals surface area contributed by atoms with Gasteiger partial charge in [-0.05, 0) is 57.6 Å². The minimum atomic E-state index is -0.603. The molecule has 0 spiro atoms. The van der Waals surface area contributed by atoms with Crippen LogP contribution in [0.5, 0.6) is 5.75 Å². The van der Waals surface area contributed by atoms with Crippen LogP contribution in [-0.2, 0) is 14.3 Å². The van der Waals surface area contributed by atoms with Gasteiger partial charge in [-0.25, -0.2) is 9.59 Å². The SMILES string of the molecule is CCOC(=O)C1=C(CCNC(=O)OC(C)(C)C)NC(=S)NC1c1cccc(O)c1. The molecule has 1 unspecified atom stereocenters. The third-order valence-electron chi connectivity index (χ3n) is 3.90. The normalized spacial score (nSPS) is 16.6. The highest BCUT2D eigenvalue weighted by molar-refractivity contribution is 7.80. The maximum atomic E-state index is 12.7. The van der Waals surface area contributed by atoms with Gasteiger partial charge in [-0.15, -0.1) is 0 Å². The third-order valence-corrected chi connectivity index (χ3v) is 4.12. The number of alkyl carbamates (subject to hydrolysis) is 1. The molecule has 1 amide bonds. The van der Waals surface area contributed by atoms with Gasteiger partial charge in [-0.1, -0.05) is 12.1 Å². The van der Waals surface area contributed by atoms with Crippen LogP contribution in [0.1, 0.15) is 45.7 Å². The van der Waals surface area contributed by atoms with Gasteiger partial charge < -0.3 is 30.5 Å². The van der Waals surface area contributed by atoms with Gasteiger partial charge in [0.05, 0.1) is 18.2 Å². The Kier molecular flexibility index (Phi) is 7.44. The van der Waals surface area contributed by atoms with Gasteiger partial charge in [-0.3, -0.25) is 0 Å². The van der Waals surface area contributed by atoms with Crippen LogP contribution in [0, 0.1) is 0 Å². The number of nitrogens with one attached hydrogen (secondary N) is 3. The summed E-state index contributed by atoms with van der Waals surface area (Å²) in [4.78, 5) is 24.6. The van der Waals surface area contributed by atoms with E-state index >= 15 is 0 Å². The zero-order chi connectivity index (χ0) is 21.6. The van der Waals surface area contributed by atoms with E-state index in [0.717, 1.165) is 0 Å². The zero-order valence-corrected chi connectivity index (χ0v) is 17.8. The van der Waals surface area contributed by atoms with Crippen molar-refractivity contribution in [2.24, 2.45) is 0 Å². The number of ether oxygens (including phenoxy) is 2. The van der Waals surface area contributed by atoms with Gasteiger partial charge >= 0.3 is 12.1 Å². The molecule has 1 atom stereocenters. The van der Waals surface area contributed by atoms with E-state index in [1.165, 1.54) is 0 Å². The zero-order valence-electron chi connectivity index (χ0n) is 17.0. The Hall–Kier alpha value is -2.81. The topological polar surface area (TPSA) is 109 Å². The highest BCUT2D eigenvalue weighted by atomic mass is 32.1. The summed E-state index contributed by atoms with van der Waals surface area (Å²) in [6.45, 7) is 7.50. The van der Waals surface area contributed by atoms with Gasteiger partial charge in [0.15, 0.2) is 5.11 Å². The number of hydrogen-bond donors (Lipinski definition) is 4. The van der Waals surface area contributed by atoms with Gasteiger partial charge in [0.2, 0.25) is 0 Å². The van der Waals surface area contributed by atoms with Crippen LogP contribution in [0.25, 0.3) is 0 Å². The molecule has 9 heteroatoms. The monoisotopic (exact) mass is 421 g/mol. The number of esters is 1. The van der Waals surface area contributed by atoms with Crippen LogP contribution in [0.15, 0.2) is 35.5 Å². The Bertz CT molecular complexity index is 817. The quantitative estimate of drug-likeness (QED) is 0.410. The molecule has 4 N–H and O–H groups in total. The van der Waals surface area contributed by atoms with Crippen LogP contribution in [0.3, 0.4) is 0 Å². The summed E-state index contributed by atoms with van der Waals surface area (Å²) in [7, 11) is 0. The summed E-state index contributed by atoms with van der Waals surface area (Å²) in [5.74, 6) is -0.430. The second-order valence-corrected chi connectivity index (χ2v) is 7.83.